The highest BCUT2D eigenvalue weighted by Gasteiger charge is 1.89. The van der Waals surface area contributed by atoms with Gasteiger partial charge in [-0.3, -0.25) is 0 Å². The van der Waals surface area contributed by atoms with Gasteiger partial charge < -0.3 is 19.9 Å². The van der Waals surface area contributed by atoms with Crippen molar-refractivity contribution < 1.29 is 14.2 Å². The second-order valence-electron chi connectivity index (χ2n) is 2.27. The molecule has 4 nitrogen and oxygen atoms in total. The average Bonchev–Trinajstić information content (AvgIpc) is 2.30. The Morgan fingerprint density at radius 3 is 1.87 bits per heavy atom. The van der Waals surface area contributed by atoms with Crippen LogP contribution in [0.25, 0.3) is 0 Å². The molecule has 0 atom stereocenters. The third-order valence-corrected chi connectivity index (χ3v) is 1.19. The molecule has 0 saturated heterocycles. The van der Waals surface area contributed by atoms with E-state index < -0.39 is 0 Å². The lowest BCUT2D eigenvalue weighted by Crippen LogP contribution is -2.13. The van der Waals surface area contributed by atoms with Crippen LogP contribution in [-0.2, 0) is 14.2 Å². The normalized spacial score (nSPS) is 8.93. The van der Waals surface area contributed by atoms with Crippen LogP contribution in [0.2, 0.25) is 0 Å². The molecule has 0 amide bonds. The van der Waals surface area contributed by atoms with Gasteiger partial charge in [-0.15, -0.1) is 6.42 Å². The zero-order valence-electron chi connectivity index (χ0n) is 9.83. The summed E-state index contributed by atoms with van der Waals surface area (Å²) in [5.74, 6) is 2.37. The first-order valence-corrected chi connectivity index (χ1v) is 5.28. The summed E-state index contributed by atoms with van der Waals surface area (Å²) in [4.78, 5) is 0. The SMILES string of the molecule is C#CCOCCOCCOCCN.CC. The minimum absolute atomic E-state index is 0.340. The summed E-state index contributed by atoms with van der Waals surface area (Å²) < 4.78 is 15.2. The molecular formula is C11H23NO3. The summed E-state index contributed by atoms with van der Waals surface area (Å²) in [5.41, 5.74) is 5.22. The zero-order valence-corrected chi connectivity index (χ0v) is 9.83. The first kappa shape index (κ1) is 16.8. The van der Waals surface area contributed by atoms with E-state index in [1.54, 1.807) is 0 Å². The highest BCUT2D eigenvalue weighted by molar-refractivity contribution is 4.82. The molecule has 0 aromatic heterocycles. The van der Waals surface area contributed by atoms with Crippen molar-refractivity contribution in [3.63, 3.8) is 0 Å². The molecule has 2 N–H and O–H groups in total. The molecule has 0 unspecified atom stereocenters. The van der Waals surface area contributed by atoms with E-state index in [1.807, 2.05) is 13.8 Å². The van der Waals surface area contributed by atoms with E-state index in [0.29, 0.717) is 46.2 Å². The summed E-state index contributed by atoms with van der Waals surface area (Å²) in [5, 5.41) is 0. The van der Waals surface area contributed by atoms with E-state index in [-0.39, 0.29) is 0 Å². The van der Waals surface area contributed by atoms with Crippen LogP contribution in [-0.4, -0.2) is 46.2 Å². The van der Waals surface area contributed by atoms with Gasteiger partial charge in [-0.1, -0.05) is 19.8 Å². The highest BCUT2D eigenvalue weighted by atomic mass is 16.5. The molecule has 0 rings (SSSR count). The highest BCUT2D eigenvalue weighted by Crippen LogP contribution is 1.79. The Labute approximate surface area is 93.1 Å². The summed E-state index contributed by atoms with van der Waals surface area (Å²) >= 11 is 0. The topological polar surface area (TPSA) is 53.7 Å². The summed E-state index contributed by atoms with van der Waals surface area (Å²) in [6, 6.07) is 0. The van der Waals surface area contributed by atoms with Crippen molar-refractivity contribution in [1.82, 2.24) is 0 Å². The lowest BCUT2D eigenvalue weighted by atomic mass is 10.7. The first-order chi connectivity index (χ1) is 7.41. The molecule has 0 saturated carbocycles. The van der Waals surface area contributed by atoms with Crippen LogP contribution >= 0.6 is 0 Å². The van der Waals surface area contributed by atoms with Gasteiger partial charge in [0.05, 0.1) is 33.0 Å². The molecule has 0 aliphatic rings. The van der Waals surface area contributed by atoms with Crippen molar-refractivity contribution in [3.8, 4) is 12.3 Å². The number of terminal acetylenes is 1. The summed E-state index contributed by atoms with van der Waals surface area (Å²) in [6.45, 7) is 7.69. The Bertz CT molecular complexity index is 134. The summed E-state index contributed by atoms with van der Waals surface area (Å²) in [7, 11) is 0. The Hall–Kier alpha value is -0.600. The Morgan fingerprint density at radius 2 is 1.40 bits per heavy atom. The van der Waals surface area contributed by atoms with Gasteiger partial charge in [0, 0.05) is 6.54 Å². The molecular weight excluding hydrogens is 194 g/mol. The Morgan fingerprint density at radius 1 is 0.933 bits per heavy atom. The maximum atomic E-state index is 5.22. The number of nitrogens with two attached hydrogens (primary N) is 1. The van der Waals surface area contributed by atoms with Crippen LogP contribution in [0.1, 0.15) is 13.8 Å². The number of hydrogen-bond acceptors (Lipinski definition) is 4. The fourth-order valence-electron chi connectivity index (χ4n) is 0.654. The number of rotatable bonds is 9. The molecule has 0 spiro atoms. The molecule has 0 fully saturated rings. The standard InChI is InChI=1S/C9H17NO3.C2H6/c1-2-4-11-6-8-13-9-7-12-5-3-10;1-2/h1H,3-10H2;1-2H3. The molecule has 4 heteroatoms. The molecule has 15 heavy (non-hydrogen) atoms. The molecule has 0 aliphatic heterocycles. The van der Waals surface area contributed by atoms with Crippen molar-refractivity contribution in [2.45, 2.75) is 13.8 Å². The van der Waals surface area contributed by atoms with Crippen LogP contribution < -0.4 is 5.73 Å². The van der Waals surface area contributed by atoms with E-state index >= 15 is 0 Å². The van der Waals surface area contributed by atoms with Gasteiger partial charge in [0.25, 0.3) is 0 Å². The minimum Gasteiger partial charge on any atom is -0.378 e. The van der Waals surface area contributed by atoms with Gasteiger partial charge in [0.1, 0.15) is 6.61 Å². The van der Waals surface area contributed by atoms with Gasteiger partial charge >= 0.3 is 0 Å². The largest absolute Gasteiger partial charge is 0.378 e. The van der Waals surface area contributed by atoms with Gasteiger partial charge in [0.15, 0.2) is 0 Å². The molecule has 90 valence electrons. The van der Waals surface area contributed by atoms with Crippen molar-refractivity contribution in [1.29, 1.82) is 0 Å². The second-order valence-corrected chi connectivity index (χ2v) is 2.27. The van der Waals surface area contributed by atoms with E-state index in [1.165, 1.54) is 0 Å². The molecule has 0 aromatic carbocycles. The molecule has 0 aromatic rings. The molecule has 0 heterocycles. The van der Waals surface area contributed by atoms with Gasteiger partial charge in [-0.25, -0.2) is 0 Å². The van der Waals surface area contributed by atoms with Gasteiger partial charge in [-0.2, -0.15) is 0 Å². The van der Waals surface area contributed by atoms with Gasteiger partial charge in [-0.05, 0) is 0 Å². The van der Waals surface area contributed by atoms with Crippen LogP contribution in [0.5, 0.6) is 0 Å². The Kier molecular flexibility index (Phi) is 21.4. The minimum atomic E-state index is 0.340. The van der Waals surface area contributed by atoms with Crippen molar-refractivity contribution in [3.05, 3.63) is 0 Å². The lowest BCUT2D eigenvalue weighted by Gasteiger charge is -2.04. The predicted molar refractivity (Wildman–Crippen MR) is 61.7 cm³/mol. The zero-order chi connectivity index (χ0) is 11.8. The lowest BCUT2D eigenvalue weighted by molar-refractivity contribution is 0.0220. The molecule has 0 radical (unpaired) electrons. The molecule has 0 bridgehead atoms. The maximum absolute atomic E-state index is 5.22. The third-order valence-electron chi connectivity index (χ3n) is 1.19. The third kappa shape index (κ3) is 19.7. The quantitative estimate of drug-likeness (QED) is 0.455. The smallest absolute Gasteiger partial charge is 0.107 e. The number of hydrogen-bond donors (Lipinski definition) is 1. The van der Waals surface area contributed by atoms with E-state index in [0.717, 1.165) is 0 Å². The average molecular weight is 217 g/mol. The monoisotopic (exact) mass is 217 g/mol. The van der Waals surface area contributed by atoms with E-state index in [9.17, 15) is 0 Å². The van der Waals surface area contributed by atoms with Crippen LogP contribution in [0, 0.1) is 12.3 Å². The van der Waals surface area contributed by atoms with Crippen molar-refractivity contribution in [2.24, 2.45) is 5.73 Å². The maximum Gasteiger partial charge on any atom is 0.107 e. The fourth-order valence-corrected chi connectivity index (χ4v) is 0.654. The molecule has 0 aliphatic carbocycles. The van der Waals surface area contributed by atoms with Crippen LogP contribution in [0.4, 0.5) is 0 Å². The van der Waals surface area contributed by atoms with Crippen LogP contribution in [0.15, 0.2) is 0 Å². The Balaban J connectivity index is 0. The van der Waals surface area contributed by atoms with Gasteiger partial charge in [0.2, 0.25) is 0 Å². The second kappa shape index (κ2) is 19.0. The van der Waals surface area contributed by atoms with Crippen molar-refractivity contribution >= 4 is 0 Å². The first-order valence-electron chi connectivity index (χ1n) is 5.28. The van der Waals surface area contributed by atoms with Crippen molar-refractivity contribution in [2.75, 3.05) is 46.2 Å². The van der Waals surface area contributed by atoms with E-state index in [4.69, 9.17) is 26.4 Å². The fraction of sp³-hybridized carbons (Fsp3) is 0.818. The predicted octanol–water partition coefficient (Wildman–Crippen LogP) is 0.654. The van der Waals surface area contributed by atoms with E-state index in [2.05, 4.69) is 5.92 Å². The summed E-state index contributed by atoms with van der Waals surface area (Å²) in [6.07, 6.45) is 4.98. The van der Waals surface area contributed by atoms with Crippen LogP contribution in [0.3, 0.4) is 0 Å². The number of ether oxygens (including phenoxy) is 3.